The summed E-state index contributed by atoms with van der Waals surface area (Å²) in [6.45, 7) is 3.29. The zero-order chi connectivity index (χ0) is 15.2. The predicted octanol–water partition coefficient (Wildman–Crippen LogP) is 2.00. The van der Waals surface area contributed by atoms with Crippen LogP contribution in [0.5, 0.6) is 5.75 Å². The van der Waals surface area contributed by atoms with Crippen LogP contribution < -0.4 is 4.74 Å². The first-order valence-corrected chi connectivity index (χ1v) is 7.15. The zero-order valence-electron chi connectivity index (χ0n) is 12.5. The van der Waals surface area contributed by atoms with Crippen LogP contribution in [0, 0.1) is 5.92 Å². The van der Waals surface area contributed by atoms with Gasteiger partial charge in [-0.3, -0.25) is 9.59 Å². The van der Waals surface area contributed by atoms with Gasteiger partial charge in [-0.25, -0.2) is 0 Å². The third-order valence-electron chi connectivity index (χ3n) is 3.70. The number of hydrogen-bond donors (Lipinski definition) is 0. The number of amides is 1. The van der Waals surface area contributed by atoms with Crippen LogP contribution in [-0.4, -0.2) is 37.0 Å². The molecule has 0 unspecified atom stereocenters. The molecule has 1 aliphatic heterocycles. The van der Waals surface area contributed by atoms with Crippen LogP contribution in [0.2, 0.25) is 0 Å². The Morgan fingerprint density at radius 3 is 2.62 bits per heavy atom. The van der Waals surface area contributed by atoms with Gasteiger partial charge in [0.2, 0.25) is 5.91 Å². The number of ether oxygens (including phenoxy) is 2. The normalized spacial score (nSPS) is 15.8. The molecule has 0 spiro atoms. The van der Waals surface area contributed by atoms with Crippen molar-refractivity contribution < 1.29 is 19.1 Å². The van der Waals surface area contributed by atoms with Crippen LogP contribution in [-0.2, 0) is 20.9 Å². The van der Waals surface area contributed by atoms with Gasteiger partial charge in [0.25, 0.3) is 0 Å². The number of likely N-dealkylation sites (tertiary alicyclic amines) is 1. The minimum absolute atomic E-state index is 0.0640. The molecule has 1 aliphatic rings. The fourth-order valence-electron chi connectivity index (χ4n) is 2.50. The minimum atomic E-state index is -0.215. The molecule has 1 aromatic rings. The van der Waals surface area contributed by atoms with Gasteiger partial charge < -0.3 is 14.4 Å². The van der Waals surface area contributed by atoms with Crippen LogP contribution >= 0.6 is 0 Å². The van der Waals surface area contributed by atoms with Crippen molar-refractivity contribution in [1.82, 2.24) is 4.90 Å². The Kier molecular flexibility index (Phi) is 5.33. The first-order chi connectivity index (χ1) is 10.1. The summed E-state index contributed by atoms with van der Waals surface area (Å²) in [7, 11) is 1.63. The Labute approximate surface area is 124 Å². The lowest BCUT2D eigenvalue weighted by Gasteiger charge is -2.29. The van der Waals surface area contributed by atoms with Crippen molar-refractivity contribution in [3.8, 4) is 5.75 Å². The minimum Gasteiger partial charge on any atom is -0.426 e. The number of nitrogens with zero attached hydrogens (tertiary/aromatic N) is 1. The van der Waals surface area contributed by atoms with Gasteiger partial charge >= 0.3 is 5.97 Å². The van der Waals surface area contributed by atoms with Crippen molar-refractivity contribution in [2.75, 3.05) is 20.2 Å². The van der Waals surface area contributed by atoms with Gasteiger partial charge in [0.1, 0.15) is 5.75 Å². The van der Waals surface area contributed by atoms with Crippen LogP contribution in [0.3, 0.4) is 0 Å². The highest BCUT2D eigenvalue weighted by atomic mass is 16.5. The van der Waals surface area contributed by atoms with Gasteiger partial charge in [0.05, 0.1) is 12.5 Å². The van der Waals surface area contributed by atoms with Crippen molar-refractivity contribution >= 4 is 11.9 Å². The van der Waals surface area contributed by atoms with Gasteiger partial charge in [0, 0.05) is 27.1 Å². The topological polar surface area (TPSA) is 55.8 Å². The summed E-state index contributed by atoms with van der Waals surface area (Å²) >= 11 is 0. The molecule has 1 fully saturated rings. The second kappa shape index (κ2) is 7.22. The summed E-state index contributed by atoms with van der Waals surface area (Å²) in [5, 5.41) is 0. The lowest BCUT2D eigenvalue weighted by atomic mass is 9.97. The number of esters is 1. The Hall–Kier alpha value is -1.88. The number of carbonyl (C=O) groups is 2. The second-order valence-electron chi connectivity index (χ2n) is 5.28. The van der Waals surface area contributed by atoms with Crippen LogP contribution in [0.25, 0.3) is 0 Å². The smallest absolute Gasteiger partial charge is 0.314 e. The fourth-order valence-corrected chi connectivity index (χ4v) is 2.50. The largest absolute Gasteiger partial charge is 0.426 e. The molecular weight excluding hydrogens is 270 g/mol. The van der Waals surface area contributed by atoms with Crippen LogP contribution in [0.1, 0.15) is 25.3 Å². The Balaban J connectivity index is 1.90. The fraction of sp³-hybridized carbons (Fsp3) is 0.500. The quantitative estimate of drug-likeness (QED) is 0.629. The summed E-state index contributed by atoms with van der Waals surface area (Å²) in [5.41, 5.74) is 0.967. The summed E-state index contributed by atoms with van der Waals surface area (Å²) < 4.78 is 10.5. The Bertz CT molecular complexity index is 507. The van der Waals surface area contributed by atoms with E-state index in [1.54, 1.807) is 25.0 Å². The highest BCUT2D eigenvalue weighted by Gasteiger charge is 2.27. The van der Waals surface area contributed by atoms with Gasteiger partial charge in [0.15, 0.2) is 0 Å². The number of rotatable bonds is 4. The van der Waals surface area contributed by atoms with Gasteiger partial charge in [-0.1, -0.05) is 12.1 Å². The van der Waals surface area contributed by atoms with Crippen molar-refractivity contribution in [2.45, 2.75) is 26.4 Å². The molecule has 1 heterocycles. The average Bonchev–Trinajstić information content (AvgIpc) is 2.48. The number of carbonyl (C=O) groups excluding carboxylic acids is 2. The van der Waals surface area contributed by atoms with E-state index < -0.39 is 0 Å². The average molecular weight is 291 g/mol. The van der Waals surface area contributed by atoms with Gasteiger partial charge in [-0.05, 0) is 30.5 Å². The maximum absolute atomic E-state index is 12.2. The standard InChI is InChI=1S/C16H21NO4/c1-12(18)17-8-6-14(7-9-17)16(19)21-15-5-3-4-13(10-15)11-20-2/h3-5,10,14H,6-9,11H2,1-2H3. The van der Waals surface area contributed by atoms with E-state index in [1.165, 1.54) is 0 Å². The molecule has 21 heavy (non-hydrogen) atoms. The van der Waals surface area contributed by atoms with Gasteiger partial charge in [-0.15, -0.1) is 0 Å². The van der Waals surface area contributed by atoms with E-state index in [0.29, 0.717) is 38.3 Å². The summed E-state index contributed by atoms with van der Waals surface area (Å²) in [5.74, 6) is 0.261. The molecule has 1 aromatic carbocycles. The molecule has 0 aromatic heterocycles. The molecule has 0 saturated carbocycles. The van der Waals surface area contributed by atoms with E-state index in [4.69, 9.17) is 9.47 Å². The maximum atomic E-state index is 12.2. The molecule has 1 saturated heterocycles. The summed E-state index contributed by atoms with van der Waals surface area (Å²) in [6.07, 6.45) is 1.33. The molecule has 5 nitrogen and oxygen atoms in total. The lowest BCUT2D eigenvalue weighted by molar-refractivity contribution is -0.142. The van der Waals surface area contributed by atoms with Crippen LogP contribution in [0.4, 0.5) is 0 Å². The molecule has 0 aliphatic carbocycles. The van der Waals surface area contributed by atoms with Crippen LogP contribution in [0.15, 0.2) is 24.3 Å². The monoisotopic (exact) mass is 291 g/mol. The maximum Gasteiger partial charge on any atom is 0.314 e. The molecular formula is C16H21NO4. The molecule has 0 bridgehead atoms. The van der Waals surface area contributed by atoms with Crippen molar-refractivity contribution in [1.29, 1.82) is 0 Å². The molecule has 0 atom stereocenters. The Morgan fingerprint density at radius 1 is 1.29 bits per heavy atom. The van der Waals surface area contributed by atoms with Gasteiger partial charge in [-0.2, -0.15) is 0 Å². The van der Waals surface area contributed by atoms with Crippen molar-refractivity contribution in [2.24, 2.45) is 5.92 Å². The summed E-state index contributed by atoms with van der Waals surface area (Å²) in [6, 6.07) is 7.34. The number of methoxy groups -OCH3 is 1. The highest BCUT2D eigenvalue weighted by Crippen LogP contribution is 2.21. The first kappa shape index (κ1) is 15.5. The number of hydrogen-bond acceptors (Lipinski definition) is 4. The third kappa shape index (κ3) is 4.29. The SMILES string of the molecule is COCc1cccc(OC(=O)C2CCN(C(C)=O)CC2)c1. The van der Waals surface area contributed by atoms with E-state index in [1.807, 2.05) is 18.2 Å². The second-order valence-corrected chi connectivity index (χ2v) is 5.28. The van der Waals surface area contributed by atoms with Crippen molar-refractivity contribution in [3.63, 3.8) is 0 Å². The molecule has 2 rings (SSSR count). The number of benzene rings is 1. The molecule has 0 N–H and O–H groups in total. The predicted molar refractivity (Wildman–Crippen MR) is 77.8 cm³/mol. The van der Waals surface area contributed by atoms with E-state index in [2.05, 4.69) is 0 Å². The molecule has 1 amide bonds. The zero-order valence-corrected chi connectivity index (χ0v) is 12.5. The molecule has 0 radical (unpaired) electrons. The van der Waals surface area contributed by atoms with E-state index in [0.717, 1.165) is 5.56 Å². The number of piperidine rings is 1. The van der Waals surface area contributed by atoms with Crippen molar-refractivity contribution in [3.05, 3.63) is 29.8 Å². The van der Waals surface area contributed by atoms with E-state index in [-0.39, 0.29) is 17.8 Å². The van der Waals surface area contributed by atoms with E-state index in [9.17, 15) is 9.59 Å². The Morgan fingerprint density at radius 2 is 2.00 bits per heavy atom. The molecule has 5 heteroatoms. The first-order valence-electron chi connectivity index (χ1n) is 7.15. The summed E-state index contributed by atoms with van der Waals surface area (Å²) in [4.78, 5) is 25.2. The highest BCUT2D eigenvalue weighted by molar-refractivity contribution is 5.76. The third-order valence-corrected chi connectivity index (χ3v) is 3.70. The van der Waals surface area contributed by atoms with E-state index >= 15 is 0 Å². The molecule has 114 valence electrons. The lowest BCUT2D eigenvalue weighted by Crippen LogP contribution is -2.40.